The minimum absolute atomic E-state index is 0.0402. The van der Waals surface area contributed by atoms with Gasteiger partial charge in [0.05, 0.1) is 14.7 Å². The predicted molar refractivity (Wildman–Crippen MR) is 73.7 cm³/mol. The Labute approximate surface area is 115 Å². The molecule has 0 atom stereocenters. The molecule has 1 aromatic heterocycles. The number of amides is 1. The fourth-order valence-corrected chi connectivity index (χ4v) is 3.24. The molecule has 0 unspecified atom stereocenters. The van der Waals surface area contributed by atoms with Gasteiger partial charge in [0.2, 0.25) is 0 Å². The number of nitrogens with one attached hydrogen (secondary N) is 1. The molecule has 0 aliphatic carbocycles. The van der Waals surface area contributed by atoms with E-state index in [1.165, 1.54) is 17.4 Å². The molecule has 1 saturated heterocycles. The Balaban J connectivity index is 2.08. The Hall–Kier alpha value is -1.47. The number of nitro groups is 1. The van der Waals surface area contributed by atoms with Crippen LogP contribution < -0.4 is 5.32 Å². The Bertz CT molecular complexity index is 492. The number of likely N-dealkylation sites (tertiary alicyclic amines) is 1. The van der Waals surface area contributed by atoms with E-state index in [1.807, 2.05) is 7.05 Å². The molecule has 0 aromatic carbocycles. The topological polar surface area (TPSA) is 75.5 Å². The van der Waals surface area contributed by atoms with E-state index in [4.69, 9.17) is 0 Å². The molecule has 104 valence electrons. The smallest absolute Gasteiger partial charge is 0.283 e. The van der Waals surface area contributed by atoms with Crippen molar-refractivity contribution in [2.45, 2.75) is 25.8 Å². The summed E-state index contributed by atoms with van der Waals surface area (Å²) in [7, 11) is 1.92. The second-order valence-electron chi connectivity index (χ2n) is 4.66. The van der Waals surface area contributed by atoms with E-state index in [2.05, 4.69) is 5.32 Å². The van der Waals surface area contributed by atoms with Crippen molar-refractivity contribution in [3.8, 4) is 0 Å². The van der Waals surface area contributed by atoms with Gasteiger partial charge in [-0.2, -0.15) is 0 Å². The molecule has 7 heteroatoms. The standard InChI is InChI=1S/C12H17N3O3S/c1-8-10(15(17)18)7-11(19-8)12(16)14-5-3-9(13-2)4-6-14/h7,9,13H,3-6H2,1-2H3. The van der Waals surface area contributed by atoms with E-state index in [9.17, 15) is 14.9 Å². The SMILES string of the molecule is CNC1CCN(C(=O)c2cc([N+](=O)[O-])c(C)s2)CC1. The van der Waals surface area contributed by atoms with Crippen LogP contribution in [-0.2, 0) is 0 Å². The third kappa shape index (κ3) is 2.93. The van der Waals surface area contributed by atoms with Crippen molar-refractivity contribution in [3.05, 3.63) is 25.9 Å². The second-order valence-corrected chi connectivity index (χ2v) is 5.92. The molecule has 1 aromatic rings. The monoisotopic (exact) mass is 283 g/mol. The van der Waals surface area contributed by atoms with Crippen molar-refractivity contribution >= 4 is 22.9 Å². The van der Waals surface area contributed by atoms with Crippen LogP contribution in [0.5, 0.6) is 0 Å². The molecule has 0 spiro atoms. The molecule has 0 saturated carbocycles. The molecule has 0 radical (unpaired) electrons. The first-order chi connectivity index (χ1) is 9.02. The molecule has 1 amide bonds. The first kappa shape index (κ1) is 14.0. The summed E-state index contributed by atoms with van der Waals surface area (Å²) in [6, 6.07) is 1.86. The molecule has 19 heavy (non-hydrogen) atoms. The Morgan fingerprint density at radius 2 is 2.16 bits per heavy atom. The van der Waals surface area contributed by atoms with E-state index in [1.54, 1.807) is 11.8 Å². The average Bonchev–Trinajstić information content (AvgIpc) is 2.80. The van der Waals surface area contributed by atoms with E-state index in [0.717, 1.165) is 12.8 Å². The van der Waals surface area contributed by atoms with Gasteiger partial charge < -0.3 is 10.2 Å². The van der Waals surface area contributed by atoms with E-state index in [-0.39, 0.29) is 11.6 Å². The Kier molecular flexibility index (Phi) is 4.16. The fourth-order valence-electron chi connectivity index (χ4n) is 2.29. The van der Waals surface area contributed by atoms with Crippen molar-refractivity contribution < 1.29 is 9.72 Å². The number of rotatable bonds is 3. The highest BCUT2D eigenvalue weighted by Gasteiger charge is 2.26. The molecule has 2 heterocycles. The normalized spacial score (nSPS) is 16.6. The molecular weight excluding hydrogens is 266 g/mol. The highest BCUT2D eigenvalue weighted by atomic mass is 32.1. The van der Waals surface area contributed by atoms with Crippen LogP contribution >= 0.6 is 11.3 Å². The zero-order chi connectivity index (χ0) is 14.0. The van der Waals surface area contributed by atoms with Gasteiger partial charge >= 0.3 is 0 Å². The largest absolute Gasteiger partial charge is 0.338 e. The van der Waals surface area contributed by atoms with Crippen LogP contribution in [-0.4, -0.2) is 41.9 Å². The summed E-state index contributed by atoms with van der Waals surface area (Å²) in [6.07, 6.45) is 1.85. The molecule has 2 rings (SSSR count). The summed E-state index contributed by atoms with van der Waals surface area (Å²) >= 11 is 1.20. The van der Waals surface area contributed by atoms with Crippen LogP contribution in [0.25, 0.3) is 0 Å². The minimum atomic E-state index is -0.435. The lowest BCUT2D eigenvalue weighted by Gasteiger charge is -2.31. The average molecular weight is 283 g/mol. The van der Waals surface area contributed by atoms with Crippen molar-refractivity contribution in [1.82, 2.24) is 10.2 Å². The molecule has 1 fully saturated rings. The summed E-state index contributed by atoms with van der Waals surface area (Å²) in [5.41, 5.74) is 0.0402. The maximum Gasteiger partial charge on any atom is 0.283 e. The van der Waals surface area contributed by atoms with Gasteiger partial charge in [0.25, 0.3) is 11.6 Å². The molecule has 6 nitrogen and oxygen atoms in total. The van der Waals surface area contributed by atoms with Crippen LogP contribution in [0.15, 0.2) is 6.07 Å². The Morgan fingerprint density at radius 3 is 2.63 bits per heavy atom. The fraction of sp³-hybridized carbons (Fsp3) is 0.583. The summed E-state index contributed by atoms with van der Waals surface area (Å²) < 4.78 is 0. The van der Waals surface area contributed by atoms with Crippen molar-refractivity contribution in [2.75, 3.05) is 20.1 Å². The van der Waals surface area contributed by atoms with Gasteiger partial charge in [0, 0.05) is 25.2 Å². The molecule has 1 aliphatic rings. The number of hydrogen-bond acceptors (Lipinski definition) is 5. The molecule has 1 N–H and O–H groups in total. The van der Waals surface area contributed by atoms with Crippen LogP contribution in [0.1, 0.15) is 27.4 Å². The van der Waals surface area contributed by atoms with Crippen molar-refractivity contribution in [2.24, 2.45) is 0 Å². The highest BCUT2D eigenvalue weighted by molar-refractivity contribution is 7.14. The number of aryl methyl sites for hydroxylation is 1. The third-order valence-corrected chi connectivity index (χ3v) is 4.52. The van der Waals surface area contributed by atoms with Gasteiger partial charge in [0.15, 0.2) is 0 Å². The van der Waals surface area contributed by atoms with E-state index >= 15 is 0 Å². The maximum absolute atomic E-state index is 12.3. The number of hydrogen-bond donors (Lipinski definition) is 1. The van der Waals surface area contributed by atoms with Gasteiger partial charge in [-0.05, 0) is 26.8 Å². The predicted octanol–water partition coefficient (Wildman–Crippen LogP) is 1.79. The molecule has 1 aliphatic heterocycles. The van der Waals surface area contributed by atoms with Gasteiger partial charge in [-0.3, -0.25) is 14.9 Å². The zero-order valence-electron chi connectivity index (χ0n) is 11.0. The van der Waals surface area contributed by atoms with Crippen LogP contribution in [0.3, 0.4) is 0 Å². The number of thiophene rings is 1. The third-order valence-electron chi connectivity index (χ3n) is 3.49. The van der Waals surface area contributed by atoms with Crippen LogP contribution in [0.4, 0.5) is 5.69 Å². The highest BCUT2D eigenvalue weighted by Crippen LogP contribution is 2.29. The summed E-state index contributed by atoms with van der Waals surface area (Å²) in [4.78, 5) is 25.5. The van der Waals surface area contributed by atoms with Gasteiger partial charge in [-0.15, -0.1) is 11.3 Å². The summed E-state index contributed by atoms with van der Waals surface area (Å²) in [5.74, 6) is -0.0873. The summed E-state index contributed by atoms with van der Waals surface area (Å²) in [5, 5.41) is 14.0. The minimum Gasteiger partial charge on any atom is -0.338 e. The van der Waals surface area contributed by atoms with Gasteiger partial charge in [0.1, 0.15) is 0 Å². The van der Waals surface area contributed by atoms with Gasteiger partial charge in [-0.1, -0.05) is 0 Å². The van der Waals surface area contributed by atoms with Crippen molar-refractivity contribution in [3.63, 3.8) is 0 Å². The zero-order valence-corrected chi connectivity index (χ0v) is 11.8. The number of carbonyl (C=O) groups excluding carboxylic acids is 1. The molecule has 0 bridgehead atoms. The quantitative estimate of drug-likeness (QED) is 0.678. The number of nitrogens with zero attached hydrogens (tertiary/aromatic N) is 2. The number of carbonyl (C=O) groups is 1. The van der Waals surface area contributed by atoms with Gasteiger partial charge in [-0.25, -0.2) is 0 Å². The second kappa shape index (κ2) is 5.66. The first-order valence-corrected chi connectivity index (χ1v) is 7.06. The lowest BCUT2D eigenvalue weighted by Crippen LogP contribution is -2.43. The number of piperidine rings is 1. The lowest BCUT2D eigenvalue weighted by molar-refractivity contribution is -0.385. The summed E-state index contributed by atoms with van der Waals surface area (Å²) in [6.45, 7) is 3.08. The van der Waals surface area contributed by atoms with E-state index < -0.39 is 4.92 Å². The van der Waals surface area contributed by atoms with Crippen LogP contribution in [0.2, 0.25) is 0 Å². The Morgan fingerprint density at radius 1 is 1.53 bits per heavy atom. The lowest BCUT2D eigenvalue weighted by atomic mass is 10.1. The molecular formula is C12H17N3O3S. The van der Waals surface area contributed by atoms with E-state index in [0.29, 0.717) is 28.9 Å². The first-order valence-electron chi connectivity index (χ1n) is 6.24. The van der Waals surface area contributed by atoms with Crippen molar-refractivity contribution in [1.29, 1.82) is 0 Å². The van der Waals surface area contributed by atoms with Crippen LogP contribution in [0, 0.1) is 17.0 Å². The maximum atomic E-state index is 12.3.